The van der Waals surface area contributed by atoms with Crippen LogP contribution >= 0.6 is 0 Å². The van der Waals surface area contributed by atoms with Gasteiger partial charge in [0.25, 0.3) is 0 Å². The van der Waals surface area contributed by atoms with Crippen LogP contribution in [0.2, 0.25) is 0 Å². The highest BCUT2D eigenvalue weighted by molar-refractivity contribution is 5.51. The van der Waals surface area contributed by atoms with Gasteiger partial charge in [-0.1, -0.05) is 0 Å². The van der Waals surface area contributed by atoms with Gasteiger partial charge in [0, 0.05) is 17.8 Å². The number of hydrogen-bond donors (Lipinski definition) is 1. The highest BCUT2D eigenvalue weighted by Gasteiger charge is 1.99. The van der Waals surface area contributed by atoms with E-state index in [1.54, 1.807) is 24.3 Å². The molecule has 0 aliphatic heterocycles. The second kappa shape index (κ2) is 2.14. The maximum atomic E-state index is 8.21. The number of rotatable bonds is 0. The van der Waals surface area contributed by atoms with Crippen molar-refractivity contribution in [1.29, 1.82) is 5.39 Å². The zero-order chi connectivity index (χ0) is 6.69. The molecule has 0 aliphatic carbocycles. The Morgan fingerprint density at radius 2 is 1.78 bits per heavy atom. The van der Waals surface area contributed by atoms with Crippen molar-refractivity contribution in [2.75, 3.05) is 5.73 Å². The van der Waals surface area contributed by atoms with Crippen LogP contribution in [-0.2, 0) is 0 Å². The Labute approximate surface area is 52.7 Å². The van der Waals surface area contributed by atoms with Gasteiger partial charge in [-0.05, 0) is 12.1 Å². The highest BCUT2D eigenvalue weighted by Crippen LogP contribution is 2.12. The minimum atomic E-state index is 0.518. The van der Waals surface area contributed by atoms with Crippen LogP contribution in [0.4, 0.5) is 11.4 Å². The summed E-state index contributed by atoms with van der Waals surface area (Å²) in [4.78, 5) is 2.96. The van der Waals surface area contributed by atoms with Gasteiger partial charge in [-0.15, -0.1) is 0 Å². The van der Waals surface area contributed by atoms with E-state index in [4.69, 9.17) is 11.1 Å². The van der Waals surface area contributed by atoms with Crippen LogP contribution in [0, 0.1) is 5.39 Å². The van der Waals surface area contributed by atoms with Crippen molar-refractivity contribution in [3.05, 3.63) is 29.2 Å². The van der Waals surface area contributed by atoms with Gasteiger partial charge in [0.05, 0.1) is 0 Å². The highest BCUT2D eigenvalue weighted by atomic mass is 14.8. The number of benzene rings is 1. The van der Waals surface area contributed by atoms with Crippen LogP contribution in [0.15, 0.2) is 24.3 Å². The van der Waals surface area contributed by atoms with Gasteiger partial charge in [-0.25, -0.2) is 0 Å². The van der Waals surface area contributed by atoms with Crippen molar-refractivity contribution < 1.29 is 0 Å². The lowest BCUT2D eigenvalue weighted by molar-refractivity contribution is 1.46. The van der Waals surface area contributed by atoms with Crippen LogP contribution in [0.25, 0.3) is 4.98 Å². The number of diazo groups is 1. The lowest BCUT2D eigenvalue weighted by atomic mass is 10.3. The Morgan fingerprint density at radius 1 is 1.22 bits per heavy atom. The van der Waals surface area contributed by atoms with E-state index in [1.807, 2.05) is 0 Å². The van der Waals surface area contributed by atoms with Crippen LogP contribution in [0.3, 0.4) is 0 Å². The van der Waals surface area contributed by atoms with E-state index < -0.39 is 0 Å². The third-order valence-electron chi connectivity index (χ3n) is 1.01. The maximum Gasteiger partial charge on any atom is 0.385 e. The van der Waals surface area contributed by atoms with Crippen molar-refractivity contribution in [1.82, 2.24) is 0 Å². The molecular weight excluding hydrogens is 114 g/mol. The van der Waals surface area contributed by atoms with E-state index in [-0.39, 0.29) is 0 Å². The molecule has 3 heteroatoms. The number of nitrogen functional groups attached to an aromatic ring is 1. The molecule has 0 saturated heterocycles. The zero-order valence-corrected chi connectivity index (χ0v) is 4.78. The van der Waals surface area contributed by atoms with Crippen molar-refractivity contribution in [2.45, 2.75) is 0 Å². The summed E-state index contributed by atoms with van der Waals surface area (Å²) < 4.78 is 0. The standard InChI is InChI=1S/C6H6N3/c7-5-1-3-6(9-8)4-2-5/h1-4H,7H2/q+1. The lowest BCUT2D eigenvalue weighted by Crippen LogP contribution is -1.80. The molecule has 0 aliphatic rings. The molecule has 0 atom stereocenters. The predicted octanol–water partition coefficient (Wildman–Crippen LogP) is 1.75. The Bertz CT molecular complexity index is 231. The van der Waals surface area contributed by atoms with Crippen LogP contribution in [0.5, 0.6) is 0 Å². The number of nitrogens with zero attached hydrogens (tertiary/aromatic N) is 2. The molecule has 0 radical (unpaired) electrons. The molecule has 9 heavy (non-hydrogen) atoms. The first kappa shape index (κ1) is 5.57. The molecule has 1 aromatic rings. The third-order valence-corrected chi connectivity index (χ3v) is 1.01. The molecule has 1 rings (SSSR count). The first-order chi connectivity index (χ1) is 4.33. The number of nitrogens with two attached hydrogens (primary N) is 1. The van der Waals surface area contributed by atoms with Crippen molar-refractivity contribution in [3.8, 4) is 0 Å². The average molecular weight is 120 g/mol. The molecule has 0 unspecified atom stereocenters. The smallest absolute Gasteiger partial charge is 0.385 e. The van der Waals surface area contributed by atoms with Gasteiger partial charge in [-0.2, -0.15) is 0 Å². The summed E-state index contributed by atoms with van der Waals surface area (Å²) in [5.41, 5.74) is 6.54. The largest absolute Gasteiger partial charge is 0.399 e. The van der Waals surface area contributed by atoms with Crippen molar-refractivity contribution in [2.24, 2.45) is 0 Å². The second-order valence-electron chi connectivity index (χ2n) is 1.69. The molecule has 3 nitrogen and oxygen atoms in total. The molecule has 0 fully saturated rings. The Hall–Kier alpha value is -1.56. The molecule has 0 amide bonds. The SMILES string of the molecule is N#[N+]c1ccc(N)cc1. The molecule has 1 aromatic carbocycles. The average Bonchev–Trinajstić information content (AvgIpc) is 1.90. The molecule has 0 heterocycles. The van der Waals surface area contributed by atoms with Gasteiger partial charge in [0.2, 0.25) is 5.39 Å². The summed E-state index contributed by atoms with van der Waals surface area (Å²) in [5.74, 6) is 0. The zero-order valence-electron chi connectivity index (χ0n) is 4.78. The normalized spacial score (nSPS) is 8.33. The minimum absolute atomic E-state index is 0.518. The monoisotopic (exact) mass is 120 g/mol. The first-order valence-electron chi connectivity index (χ1n) is 2.53. The fourth-order valence-corrected chi connectivity index (χ4v) is 0.541. The summed E-state index contributed by atoms with van der Waals surface area (Å²) in [6.07, 6.45) is 0. The predicted molar refractivity (Wildman–Crippen MR) is 35.6 cm³/mol. The van der Waals surface area contributed by atoms with Crippen LogP contribution in [-0.4, -0.2) is 0 Å². The van der Waals surface area contributed by atoms with E-state index >= 15 is 0 Å². The summed E-state index contributed by atoms with van der Waals surface area (Å²) in [7, 11) is 0. The first-order valence-corrected chi connectivity index (χ1v) is 2.53. The Kier molecular flexibility index (Phi) is 1.32. The molecule has 0 aromatic heterocycles. The van der Waals surface area contributed by atoms with Crippen molar-refractivity contribution in [3.63, 3.8) is 0 Å². The van der Waals surface area contributed by atoms with E-state index in [0.717, 1.165) is 0 Å². The van der Waals surface area contributed by atoms with Gasteiger partial charge in [0.15, 0.2) is 4.98 Å². The van der Waals surface area contributed by atoms with Crippen LogP contribution < -0.4 is 5.73 Å². The maximum absolute atomic E-state index is 8.21. The van der Waals surface area contributed by atoms with E-state index in [0.29, 0.717) is 11.4 Å². The Morgan fingerprint density at radius 3 is 2.22 bits per heavy atom. The summed E-state index contributed by atoms with van der Waals surface area (Å²) in [6.45, 7) is 0. The third kappa shape index (κ3) is 1.16. The fourth-order valence-electron chi connectivity index (χ4n) is 0.541. The summed E-state index contributed by atoms with van der Waals surface area (Å²) in [6, 6.07) is 6.62. The molecule has 0 saturated carbocycles. The van der Waals surface area contributed by atoms with Gasteiger partial charge < -0.3 is 5.73 Å². The molecule has 44 valence electrons. The van der Waals surface area contributed by atoms with E-state index in [9.17, 15) is 0 Å². The fraction of sp³-hybridized carbons (Fsp3) is 0. The number of anilines is 1. The molecule has 0 bridgehead atoms. The van der Waals surface area contributed by atoms with Crippen LogP contribution in [0.1, 0.15) is 0 Å². The van der Waals surface area contributed by atoms with E-state index in [1.165, 1.54) is 0 Å². The summed E-state index contributed by atoms with van der Waals surface area (Å²) >= 11 is 0. The lowest BCUT2D eigenvalue weighted by Gasteiger charge is -1.82. The van der Waals surface area contributed by atoms with Gasteiger partial charge >= 0.3 is 5.69 Å². The second-order valence-corrected chi connectivity index (χ2v) is 1.69. The van der Waals surface area contributed by atoms with E-state index in [2.05, 4.69) is 4.98 Å². The van der Waals surface area contributed by atoms with Crippen molar-refractivity contribution >= 4 is 11.4 Å². The van der Waals surface area contributed by atoms with Gasteiger partial charge in [0.1, 0.15) is 0 Å². The molecule has 0 spiro atoms. The summed E-state index contributed by atoms with van der Waals surface area (Å²) in [5, 5.41) is 8.21. The quantitative estimate of drug-likeness (QED) is 0.419. The Balaban J connectivity index is 3.06. The molecular formula is C6H6N3+. The topological polar surface area (TPSA) is 54.2 Å². The number of hydrogen-bond acceptors (Lipinski definition) is 2. The molecule has 2 N–H and O–H groups in total. The minimum Gasteiger partial charge on any atom is -0.399 e. The van der Waals surface area contributed by atoms with Gasteiger partial charge in [-0.3, -0.25) is 0 Å².